The molecule has 2 rings (SSSR count). The number of hydrogen-bond donors (Lipinski definition) is 1. The average molecular weight is 277 g/mol. The maximum atomic E-state index is 6.26. The van der Waals surface area contributed by atoms with Crippen LogP contribution in [0.5, 0.6) is 11.5 Å². The third-order valence-corrected chi connectivity index (χ3v) is 4.29. The van der Waals surface area contributed by atoms with Crippen LogP contribution >= 0.6 is 0 Å². The zero-order valence-electron chi connectivity index (χ0n) is 12.7. The fourth-order valence-electron chi connectivity index (χ4n) is 3.05. The van der Waals surface area contributed by atoms with Gasteiger partial charge in [0.2, 0.25) is 0 Å². The van der Waals surface area contributed by atoms with Crippen LogP contribution in [0.4, 0.5) is 0 Å². The van der Waals surface area contributed by atoms with E-state index in [1.165, 1.54) is 32.1 Å². The summed E-state index contributed by atoms with van der Waals surface area (Å²) in [5, 5.41) is 0. The van der Waals surface area contributed by atoms with Crippen molar-refractivity contribution in [2.45, 2.75) is 51.6 Å². The third kappa shape index (κ3) is 3.89. The van der Waals surface area contributed by atoms with Crippen LogP contribution in [0, 0.1) is 5.92 Å². The van der Waals surface area contributed by atoms with E-state index in [9.17, 15) is 0 Å². The lowest BCUT2D eigenvalue weighted by Gasteiger charge is -2.29. The molecule has 1 saturated carbocycles. The molecule has 2 unspecified atom stereocenters. The first-order valence-corrected chi connectivity index (χ1v) is 7.80. The molecule has 0 bridgehead atoms. The fourth-order valence-corrected chi connectivity index (χ4v) is 3.05. The molecule has 0 spiro atoms. The van der Waals surface area contributed by atoms with Crippen molar-refractivity contribution in [2.75, 3.05) is 13.7 Å². The topological polar surface area (TPSA) is 44.5 Å². The number of rotatable bonds is 6. The first-order valence-electron chi connectivity index (χ1n) is 7.80. The van der Waals surface area contributed by atoms with Gasteiger partial charge in [0.05, 0.1) is 13.2 Å². The molecular weight excluding hydrogens is 250 g/mol. The predicted molar refractivity (Wildman–Crippen MR) is 82.4 cm³/mol. The average Bonchev–Trinajstić information content (AvgIpc) is 2.49. The van der Waals surface area contributed by atoms with Crippen LogP contribution < -0.4 is 15.2 Å². The molecule has 0 saturated heterocycles. The second kappa shape index (κ2) is 7.53. The van der Waals surface area contributed by atoms with E-state index in [4.69, 9.17) is 15.2 Å². The lowest BCUT2D eigenvalue weighted by Crippen LogP contribution is -2.25. The van der Waals surface area contributed by atoms with E-state index >= 15 is 0 Å². The minimum atomic E-state index is 0.360. The van der Waals surface area contributed by atoms with Crippen LogP contribution in [-0.4, -0.2) is 19.8 Å². The van der Waals surface area contributed by atoms with Crippen molar-refractivity contribution in [3.8, 4) is 11.5 Å². The number of nitrogens with two attached hydrogens (primary N) is 1. The zero-order valence-corrected chi connectivity index (χ0v) is 12.7. The van der Waals surface area contributed by atoms with E-state index in [0.717, 1.165) is 29.4 Å². The monoisotopic (exact) mass is 277 g/mol. The Kier molecular flexibility index (Phi) is 5.72. The first kappa shape index (κ1) is 15.2. The molecule has 1 aliphatic rings. The maximum Gasteiger partial charge on any atom is 0.123 e. The van der Waals surface area contributed by atoms with Gasteiger partial charge in [-0.1, -0.05) is 19.8 Å². The van der Waals surface area contributed by atoms with Crippen LogP contribution in [-0.2, 0) is 6.42 Å². The Hall–Kier alpha value is -1.22. The highest BCUT2D eigenvalue weighted by Crippen LogP contribution is 2.32. The molecular formula is C17H27NO2. The van der Waals surface area contributed by atoms with Gasteiger partial charge >= 0.3 is 0 Å². The molecule has 112 valence electrons. The van der Waals surface area contributed by atoms with Crippen LogP contribution in [0.25, 0.3) is 0 Å². The van der Waals surface area contributed by atoms with Gasteiger partial charge in [0.25, 0.3) is 0 Å². The SMILES string of the molecule is CCC1CCCC(Oc2ccc(OC)cc2CCN)C1. The summed E-state index contributed by atoms with van der Waals surface area (Å²) in [4.78, 5) is 0. The Morgan fingerprint density at radius 2 is 2.15 bits per heavy atom. The summed E-state index contributed by atoms with van der Waals surface area (Å²) >= 11 is 0. The second-order valence-corrected chi connectivity index (χ2v) is 5.69. The molecule has 0 amide bonds. The summed E-state index contributed by atoms with van der Waals surface area (Å²) in [6, 6.07) is 6.04. The molecule has 1 aromatic carbocycles. The fraction of sp³-hybridized carbons (Fsp3) is 0.647. The smallest absolute Gasteiger partial charge is 0.123 e. The van der Waals surface area contributed by atoms with E-state index in [1.54, 1.807) is 7.11 Å². The predicted octanol–water partition coefficient (Wildman–Crippen LogP) is 3.54. The minimum Gasteiger partial charge on any atom is -0.497 e. The van der Waals surface area contributed by atoms with Crippen LogP contribution in [0.2, 0.25) is 0 Å². The largest absolute Gasteiger partial charge is 0.497 e. The van der Waals surface area contributed by atoms with Crippen molar-refractivity contribution >= 4 is 0 Å². The molecule has 3 nitrogen and oxygen atoms in total. The van der Waals surface area contributed by atoms with Gasteiger partial charge in [0.1, 0.15) is 11.5 Å². The van der Waals surface area contributed by atoms with Gasteiger partial charge in [-0.3, -0.25) is 0 Å². The van der Waals surface area contributed by atoms with E-state index < -0.39 is 0 Å². The highest BCUT2D eigenvalue weighted by atomic mass is 16.5. The highest BCUT2D eigenvalue weighted by Gasteiger charge is 2.22. The molecule has 20 heavy (non-hydrogen) atoms. The quantitative estimate of drug-likeness (QED) is 0.865. The lowest BCUT2D eigenvalue weighted by molar-refractivity contribution is 0.121. The van der Waals surface area contributed by atoms with E-state index in [0.29, 0.717) is 12.6 Å². The van der Waals surface area contributed by atoms with Crippen molar-refractivity contribution in [1.29, 1.82) is 0 Å². The normalized spacial score (nSPS) is 22.6. The van der Waals surface area contributed by atoms with Crippen molar-refractivity contribution in [1.82, 2.24) is 0 Å². The molecule has 0 heterocycles. The second-order valence-electron chi connectivity index (χ2n) is 5.69. The summed E-state index contributed by atoms with van der Waals surface area (Å²) in [5.41, 5.74) is 6.86. The number of methoxy groups -OCH3 is 1. The maximum absolute atomic E-state index is 6.26. The van der Waals surface area contributed by atoms with Crippen molar-refractivity contribution < 1.29 is 9.47 Å². The van der Waals surface area contributed by atoms with Crippen molar-refractivity contribution in [2.24, 2.45) is 11.7 Å². The van der Waals surface area contributed by atoms with Crippen molar-refractivity contribution in [3.05, 3.63) is 23.8 Å². The molecule has 2 atom stereocenters. The highest BCUT2D eigenvalue weighted by molar-refractivity contribution is 5.40. The van der Waals surface area contributed by atoms with E-state index in [1.807, 2.05) is 18.2 Å². The summed E-state index contributed by atoms with van der Waals surface area (Å²) < 4.78 is 11.5. The summed E-state index contributed by atoms with van der Waals surface area (Å²) in [5.74, 6) is 2.68. The Bertz CT molecular complexity index is 419. The van der Waals surface area contributed by atoms with Gasteiger partial charge in [-0.2, -0.15) is 0 Å². The van der Waals surface area contributed by atoms with Gasteiger partial charge in [-0.25, -0.2) is 0 Å². The number of benzene rings is 1. The van der Waals surface area contributed by atoms with E-state index in [-0.39, 0.29) is 0 Å². The van der Waals surface area contributed by atoms with Crippen LogP contribution in [0.1, 0.15) is 44.6 Å². The van der Waals surface area contributed by atoms with Gasteiger partial charge in [0.15, 0.2) is 0 Å². The van der Waals surface area contributed by atoms with Crippen molar-refractivity contribution in [3.63, 3.8) is 0 Å². The third-order valence-electron chi connectivity index (χ3n) is 4.29. The Morgan fingerprint density at radius 3 is 2.85 bits per heavy atom. The molecule has 2 N–H and O–H groups in total. The number of ether oxygens (including phenoxy) is 2. The summed E-state index contributed by atoms with van der Waals surface area (Å²) in [7, 11) is 1.69. The molecule has 0 aliphatic heterocycles. The molecule has 3 heteroatoms. The molecule has 1 fully saturated rings. The van der Waals surface area contributed by atoms with Gasteiger partial charge in [-0.05, 0) is 61.9 Å². The minimum absolute atomic E-state index is 0.360. The summed E-state index contributed by atoms with van der Waals surface area (Å²) in [6.07, 6.45) is 7.45. The molecule has 0 radical (unpaired) electrons. The Labute approximate surface area is 122 Å². The Balaban J connectivity index is 2.07. The molecule has 0 aromatic heterocycles. The van der Waals surface area contributed by atoms with E-state index in [2.05, 4.69) is 6.92 Å². The summed E-state index contributed by atoms with van der Waals surface area (Å²) in [6.45, 7) is 2.91. The Morgan fingerprint density at radius 1 is 1.30 bits per heavy atom. The van der Waals surface area contributed by atoms with Gasteiger partial charge in [0, 0.05) is 0 Å². The van der Waals surface area contributed by atoms with Gasteiger partial charge < -0.3 is 15.2 Å². The standard InChI is InChI=1S/C17H27NO2/c1-3-13-5-4-6-16(11-13)20-17-8-7-15(19-2)12-14(17)9-10-18/h7-8,12-13,16H,3-6,9-11,18H2,1-2H3. The molecule has 1 aliphatic carbocycles. The van der Waals surface area contributed by atoms with Gasteiger partial charge in [-0.15, -0.1) is 0 Å². The van der Waals surface area contributed by atoms with Crippen LogP contribution in [0.3, 0.4) is 0 Å². The lowest BCUT2D eigenvalue weighted by atomic mass is 9.85. The number of hydrogen-bond acceptors (Lipinski definition) is 3. The van der Waals surface area contributed by atoms with Crippen LogP contribution in [0.15, 0.2) is 18.2 Å². The zero-order chi connectivity index (χ0) is 14.4. The first-order chi connectivity index (χ1) is 9.76. The molecule has 1 aromatic rings.